The lowest BCUT2D eigenvalue weighted by atomic mass is 9.94. The van der Waals surface area contributed by atoms with Gasteiger partial charge in [-0.05, 0) is 25.0 Å². The predicted molar refractivity (Wildman–Crippen MR) is 111 cm³/mol. The molecule has 1 aliphatic rings. The third-order valence-corrected chi connectivity index (χ3v) is 5.46. The van der Waals surface area contributed by atoms with Gasteiger partial charge in [0.1, 0.15) is 0 Å². The van der Waals surface area contributed by atoms with Gasteiger partial charge in [-0.1, -0.05) is 68.3 Å². The Bertz CT molecular complexity index is 803. The van der Waals surface area contributed by atoms with Gasteiger partial charge in [0.15, 0.2) is 5.78 Å². The number of ether oxygens (including phenoxy) is 1. The van der Waals surface area contributed by atoms with Crippen molar-refractivity contribution in [3.63, 3.8) is 0 Å². The first-order valence-corrected chi connectivity index (χ1v) is 10.2. The van der Waals surface area contributed by atoms with Crippen molar-refractivity contribution >= 4 is 11.7 Å². The van der Waals surface area contributed by atoms with Crippen LogP contribution in [-0.4, -0.2) is 42.4 Å². The summed E-state index contributed by atoms with van der Waals surface area (Å²) in [5.41, 5.74) is 2.16. The number of unbranched alkanes of at least 4 members (excludes halogenated alkanes) is 1. The molecule has 2 aromatic carbocycles. The number of nitrogens with zero attached hydrogens (tertiary/aromatic N) is 1. The molecular formula is C24H29NO3. The third kappa shape index (κ3) is 4.68. The van der Waals surface area contributed by atoms with Gasteiger partial charge in [0, 0.05) is 17.7 Å². The number of hydrogen-bond acceptors (Lipinski definition) is 3. The third-order valence-electron chi connectivity index (χ3n) is 5.46. The minimum absolute atomic E-state index is 0.0192. The Hall–Kier alpha value is -2.46. The average Bonchev–Trinajstić information content (AvgIpc) is 2.77. The van der Waals surface area contributed by atoms with Crippen LogP contribution in [0.25, 0.3) is 0 Å². The van der Waals surface area contributed by atoms with Crippen LogP contribution < -0.4 is 0 Å². The lowest BCUT2D eigenvalue weighted by Gasteiger charge is -2.37. The summed E-state index contributed by atoms with van der Waals surface area (Å²) in [4.78, 5) is 27.9. The van der Waals surface area contributed by atoms with Crippen molar-refractivity contribution in [2.45, 2.75) is 45.1 Å². The molecule has 4 nitrogen and oxygen atoms in total. The van der Waals surface area contributed by atoms with Crippen molar-refractivity contribution in [3.05, 3.63) is 71.3 Å². The SMILES string of the molecule is CCCCC1COCCN1C(=O)C(C)c1cccc(C(=O)c2ccccc2)c1. The maximum atomic E-state index is 13.2. The molecule has 0 N–H and O–H groups in total. The minimum atomic E-state index is -0.286. The van der Waals surface area contributed by atoms with Crippen molar-refractivity contribution < 1.29 is 14.3 Å². The molecule has 1 fully saturated rings. The molecule has 0 saturated carbocycles. The van der Waals surface area contributed by atoms with Crippen LogP contribution in [0.3, 0.4) is 0 Å². The van der Waals surface area contributed by atoms with E-state index in [1.54, 1.807) is 0 Å². The van der Waals surface area contributed by atoms with Crippen molar-refractivity contribution in [3.8, 4) is 0 Å². The first kappa shape index (κ1) is 20.3. The second-order valence-corrected chi connectivity index (χ2v) is 7.44. The number of benzene rings is 2. The van der Waals surface area contributed by atoms with Gasteiger partial charge in [0.25, 0.3) is 0 Å². The highest BCUT2D eigenvalue weighted by Crippen LogP contribution is 2.24. The Morgan fingerprint density at radius 1 is 1.11 bits per heavy atom. The maximum absolute atomic E-state index is 13.2. The summed E-state index contributed by atoms with van der Waals surface area (Å²) < 4.78 is 5.61. The molecule has 0 aromatic heterocycles. The van der Waals surface area contributed by atoms with Crippen LogP contribution in [0.5, 0.6) is 0 Å². The van der Waals surface area contributed by atoms with Crippen LogP contribution in [0.2, 0.25) is 0 Å². The van der Waals surface area contributed by atoms with Crippen LogP contribution in [0.4, 0.5) is 0 Å². The average molecular weight is 380 g/mol. The fraction of sp³-hybridized carbons (Fsp3) is 0.417. The van der Waals surface area contributed by atoms with E-state index in [4.69, 9.17) is 4.74 Å². The van der Waals surface area contributed by atoms with Gasteiger partial charge >= 0.3 is 0 Å². The van der Waals surface area contributed by atoms with E-state index in [-0.39, 0.29) is 23.7 Å². The zero-order valence-corrected chi connectivity index (χ0v) is 16.8. The summed E-state index contributed by atoms with van der Waals surface area (Å²) in [5, 5.41) is 0. The van der Waals surface area contributed by atoms with Gasteiger partial charge < -0.3 is 9.64 Å². The highest BCUT2D eigenvalue weighted by atomic mass is 16.5. The van der Waals surface area contributed by atoms with Crippen molar-refractivity contribution in [2.24, 2.45) is 0 Å². The summed E-state index contributed by atoms with van der Waals surface area (Å²) in [6, 6.07) is 16.9. The van der Waals surface area contributed by atoms with E-state index in [0.717, 1.165) is 24.8 Å². The summed E-state index contributed by atoms with van der Waals surface area (Å²) in [6.45, 7) is 5.94. The molecule has 0 bridgehead atoms. The van der Waals surface area contributed by atoms with Crippen molar-refractivity contribution in [2.75, 3.05) is 19.8 Å². The van der Waals surface area contributed by atoms with Crippen LogP contribution in [0.15, 0.2) is 54.6 Å². The fourth-order valence-corrected chi connectivity index (χ4v) is 3.72. The molecule has 3 rings (SSSR count). The molecule has 1 amide bonds. The van der Waals surface area contributed by atoms with Crippen molar-refractivity contribution in [1.29, 1.82) is 0 Å². The van der Waals surface area contributed by atoms with E-state index in [2.05, 4.69) is 6.92 Å². The van der Waals surface area contributed by atoms with Crippen molar-refractivity contribution in [1.82, 2.24) is 4.90 Å². The van der Waals surface area contributed by atoms with Crippen LogP contribution in [0.1, 0.15) is 60.5 Å². The second kappa shape index (κ2) is 9.65. The van der Waals surface area contributed by atoms with Gasteiger partial charge in [-0.3, -0.25) is 9.59 Å². The zero-order valence-electron chi connectivity index (χ0n) is 16.8. The Morgan fingerprint density at radius 2 is 1.86 bits per heavy atom. The van der Waals surface area contributed by atoms with Crippen LogP contribution in [0, 0.1) is 0 Å². The Labute approximate surface area is 167 Å². The smallest absolute Gasteiger partial charge is 0.230 e. The number of rotatable bonds is 7. The lowest BCUT2D eigenvalue weighted by Crippen LogP contribution is -2.50. The molecule has 2 unspecified atom stereocenters. The van der Waals surface area contributed by atoms with Crippen LogP contribution >= 0.6 is 0 Å². The second-order valence-electron chi connectivity index (χ2n) is 7.44. The summed E-state index contributed by atoms with van der Waals surface area (Å²) in [7, 11) is 0. The largest absolute Gasteiger partial charge is 0.377 e. The molecule has 4 heteroatoms. The molecule has 0 aliphatic carbocycles. The van der Waals surface area contributed by atoms with Gasteiger partial charge in [0.05, 0.1) is 25.2 Å². The van der Waals surface area contributed by atoms with Gasteiger partial charge in [-0.15, -0.1) is 0 Å². The minimum Gasteiger partial charge on any atom is -0.377 e. The van der Waals surface area contributed by atoms with E-state index in [9.17, 15) is 9.59 Å². The molecule has 0 radical (unpaired) electrons. The van der Waals surface area contributed by atoms with E-state index in [1.165, 1.54) is 0 Å². The lowest BCUT2D eigenvalue weighted by molar-refractivity contribution is -0.141. The molecule has 1 saturated heterocycles. The fourth-order valence-electron chi connectivity index (χ4n) is 3.72. The quantitative estimate of drug-likeness (QED) is 0.668. The molecule has 2 aromatic rings. The number of carbonyl (C=O) groups excluding carboxylic acids is 2. The normalized spacial score (nSPS) is 17.9. The summed E-state index contributed by atoms with van der Waals surface area (Å²) in [6.07, 6.45) is 3.17. The standard InChI is InChI=1S/C24H29NO3/c1-3-4-13-22-17-28-15-14-25(22)24(27)18(2)20-11-8-12-21(16-20)23(26)19-9-6-5-7-10-19/h5-12,16,18,22H,3-4,13-15,17H2,1-2H3. The molecule has 1 heterocycles. The highest BCUT2D eigenvalue weighted by molar-refractivity contribution is 6.09. The first-order chi connectivity index (χ1) is 13.6. The number of morpholine rings is 1. The summed E-state index contributed by atoms with van der Waals surface area (Å²) >= 11 is 0. The van der Waals surface area contributed by atoms with Gasteiger partial charge in [-0.2, -0.15) is 0 Å². The number of hydrogen-bond donors (Lipinski definition) is 0. The molecule has 0 spiro atoms. The van der Waals surface area contributed by atoms with E-state index < -0.39 is 0 Å². The maximum Gasteiger partial charge on any atom is 0.230 e. The van der Waals surface area contributed by atoms with Gasteiger partial charge in [0.2, 0.25) is 5.91 Å². The molecule has 28 heavy (non-hydrogen) atoms. The Morgan fingerprint density at radius 3 is 2.61 bits per heavy atom. The number of amides is 1. The molecule has 148 valence electrons. The molecule has 1 aliphatic heterocycles. The number of carbonyl (C=O) groups is 2. The van der Waals surface area contributed by atoms with E-state index >= 15 is 0 Å². The Kier molecular flexibility index (Phi) is 6.99. The summed E-state index contributed by atoms with van der Waals surface area (Å²) in [5.74, 6) is -0.186. The topological polar surface area (TPSA) is 46.6 Å². The molecule has 2 atom stereocenters. The van der Waals surface area contributed by atoms with E-state index in [0.29, 0.717) is 30.9 Å². The predicted octanol–water partition coefficient (Wildman–Crippen LogP) is 4.44. The zero-order chi connectivity index (χ0) is 19.9. The van der Waals surface area contributed by atoms with Crippen LogP contribution in [-0.2, 0) is 9.53 Å². The number of ketones is 1. The van der Waals surface area contributed by atoms with Gasteiger partial charge in [-0.25, -0.2) is 0 Å². The Balaban J connectivity index is 1.77. The first-order valence-electron chi connectivity index (χ1n) is 10.2. The monoisotopic (exact) mass is 379 g/mol. The molecular weight excluding hydrogens is 350 g/mol. The van der Waals surface area contributed by atoms with E-state index in [1.807, 2.05) is 66.4 Å². The highest BCUT2D eigenvalue weighted by Gasteiger charge is 2.30.